The van der Waals surface area contributed by atoms with Gasteiger partial charge in [-0.15, -0.1) is 5.10 Å². The van der Waals surface area contributed by atoms with Crippen molar-refractivity contribution in [3.8, 4) is 5.75 Å². The van der Waals surface area contributed by atoms with E-state index >= 15 is 0 Å². The second kappa shape index (κ2) is 8.79. The first-order valence-corrected chi connectivity index (χ1v) is 10.3. The highest BCUT2D eigenvalue weighted by atomic mass is 79.9. The lowest BCUT2D eigenvalue weighted by Gasteiger charge is -2.22. The minimum Gasteiger partial charge on any atom is -0.489 e. The minimum absolute atomic E-state index is 0.220. The van der Waals surface area contributed by atoms with Crippen LogP contribution >= 0.6 is 27.7 Å². The molecule has 28 heavy (non-hydrogen) atoms. The van der Waals surface area contributed by atoms with Gasteiger partial charge in [0.15, 0.2) is 5.17 Å². The van der Waals surface area contributed by atoms with Crippen molar-refractivity contribution in [2.24, 2.45) is 5.10 Å². The van der Waals surface area contributed by atoms with Crippen molar-refractivity contribution in [1.82, 2.24) is 10.3 Å². The van der Waals surface area contributed by atoms with Crippen LogP contribution in [-0.4, -0.2) is 22.0 Å². The van der Waals surface area contributed by atoms with E-state index in [0.29, 0.717) is 17.5 Å². The van der Waals surface area contributed by atoms with Gasteiger partial charge in [-0.2, -0.15) is 0 Å². The molecule has 2 aromatic rings. The standard InChI is InChI=1S/C20H20BrN3O3S/c1-12-4-6-15(7-5-12)11-27-18-9-8-16(21)10-17(18)19-24(14(3)26)23-20(28-19)22-13(2)25/h4-10,19H,11H2,1-3H3,(H,22,23,25)/t19-/m0/s1. The lowest BCUT2D eigenvalue weighted by molar-refractivity contribution is -0.129. The fraction of sp³-hybridized carbons (Fsp3) is 0.250. The molecule has 0 radical (unpaired) electrons. The maximum atomic E-state index is 12.1. The molecule has 0 spiro atoms. The Bertz CT molecular complexity index is 931. The van der Waals surface area contributed by atoms with Crippen LogP contribution in [-0.2, 0) is 16.2 Å². The van der Waals surface area contributed by atoms with E-state index in [2.05, 4.69) is 26.3 Å². The fourth-order valence-electron chi connectivity index (χ4n) is 2.65. The second-order valence-corrected chi connectivity index (χ2v) is 8.36. The summed E-state index contributed by atoms with van der Waals surface area (Å²) >= 11 is 4.78. The lowest BCUT2D eigenvalue weighted by atomic mass is 10.1. The van der Waals surface area contributed by atoms with E-state index in [1.54, 1.807) is 0 Å². The molecule has 2 amide bonds. The summed E-state index contributed by atoms with van der Waals surface area (Å²) in [5, 5.41) is 8.21. The Morgan fingerprint density at radius 1 is 1.21 bits per heavy atom. The van der Waals surface area contributed by atoms with Gasteiger partial charge in [-0.25, -0.2) is 5.01 Å². The number of hydrazone groups is 1. The van der Waals surface area contributed by atoms with Gasteiger partial charge in [0.25, 0.3) is 0 Å². The van der Waals surface area contributed by atoms with Crippen LogP contribution in [0.1, 0.15) is 35.9 Å². The van der Waals surface area contributed by atoms with Crippen LogP contribution in [0.15, 0.2) is 52.0 Å². The number of nitrogens with zero attached hydrogens (tertiary/aromatic N) is 2. The highest BCUT2D eigenvalue weighted by Crippen LogP contribution is 2.43. The zero-order valence-electron chi connectivity index (χ0n) is 15.7. The Morgan fingerprint density at radius 3 is 2.57 bits per heavy atom. The van der Waals surface area contributed by atoms with Gasteiger partial charge < -0.3 is 10.1 Å². The number of aryl methyl sites for hydroxylation is 1. The Morgan fingerprint density at radius 2 is 1.93 bits per heavy atom. The summed E-state index contributed by atoms with van der Waals surface area (Å²) in [6, 6.07) is 13.8. The summed E-state index contributed by atoms with van der Waals surface area (Å²) in [6.45, 7) is 5.30. The third kappa shape index (κ3) is 4.94. The molecule has 0 unspecified atom stereocenters. The van der Waals surface area contributed by atoms with Crippen LogP contribution in [0.4, 0.5) is 0 Å². The molecule has 2 aromatic carbocycles. The van der Waals surface area contributed by atoms with E-state index in [1.165, 1.54) is 36.2 Å². The molecule has 1 heterocycles. The van der Waals surface area contributed by atoms with Gasteiger partial charge in [-0.3, -0.25) is 9.59 Å². The molecule has 146 valence electrons. The van der Waals surface area contributed by atoms with Crippen LogP contribution in [0.2, 0.25) is 0 Å². The van der Waals surface area contributed by atoms with Crippen molar-refractivity contribution in [1.29, 1.82) is 0 Å². The molecule has 0 saturated heterocycles. The molecule has 0 aliphatic carbocycles. The smallest absolute Gasteiger partial charge is 0.241 e. The summed E-state index contributed by atoms with van der Waals surface area (Å²) in [5.41, 5.74) is 3.04. The number of hydrogen-bond acceptors (Lipinski definition) is 5. The molecular weight excluding hydrogens is 442 g/mol. The zero-order valence-corrected chi connectivity index (χ0v) is 18.1. The minimum atomic E-state index is -0.426. The number of ether oxygens (including phenoxy) is 1. The third-order valence-corrected chi connectivity index (χ3v) is 5.58. The van der Waals surface area contributed by atoms with Crippen LogP contribution in [0.25, 0.3) is 0 Å². The molecule has 6 nitrogen and oxygen atoms in total. The molecule has 1 aliphatic rings. The van der Waals surface area contributed by atoms with Crippen molar-refractivity contribution in [2.45, 2.75) is 32.8 Å². The van der Waals surface area contributed by atoms with Gasteiger partial charge in [0.1, 0.15) is 17.7 Å². The van der Waals surface area contributed by atoms with Crippen molar-refractivity contribution in [2.75, 3.05) is 0 Å². The Hall–Kier alpha value is -2.32. The Kier molecular flexibility index (Phi) is 6.41. The molecule has 1 atom stereocenters. The maximum absolute atomic E-state index is 12.1. The number of amidine groups is 1. The van der Waals surface area contributed by atoms with Gasteiger partial charge >= 0.3 is 0 Å². The van der Waals surface area contributed by atoms with Crippen LogP contribution in [0.3, 0.4) is 0 Å². The Balaban J connectivity index is 1.86. The first-order chi connectivity index (χ1) is 13.3. The first kappa shape index (κ1) is 20.4. The van der Waals surface area contributed by atoms with Crippen molar-refractivity contribution in [3.05, 3.63) is 63.6 Å². The number of hydrogen-bond donors (Lipinski definition) is 1. The third-order valence-electron chi connectivity index (χ3n) is 4.00. The summed E-state index contributed by atoms with van der Waals surface area (Å²) in [7, 11) is 0. The summed E-state index contributed by atoms with van der Waals surface area (Å²) in [6.07, 6.45) is 0. The maximum Gasteiger partial charge on any atom is 0.241 e. The quantitative estimate of drug-likeness (QED) is 0.734. The number of amides is 2. The van der Waals surface area contributed by atoms with Crippen LogP contribution < -0.4 is 10.1 Å². The highest BCUT2D eigenvalue weighted by Gasteiger charge is 2.34. The molecule has 3 rings (SSSR count). The van der Waals surface area contributed by atoms with E-state index < -0.39 is 5.37 Å². The van der Waals surface area contributed by atoms with E-state index in [-0.39, 0.29) is 11.8 Å². The van der Waals surface area contributed by atoms with Gasteiger partial charge in [-0.05, 0) is 30.7 Å². The molecule has 1 aliphatic heterocycles. The lowest BCUT2D eigenvalue weighted by Crippen LogP contribution is -2.25. The summed E-state index contributed by atoms with van der Waals surface area (Å²) in [5.74, 6) is 0.203. The van der Waals surface area contributed by atoms with Crippen molar-refractivity contribution in [3.63, 3.8) is 0 Å². The van der Waals surface area contributed by atoms with E-state index in [1.807, 2.05) is 49.4 Å². The van der Waals surface area contributed by atoms with E-state index in [9.17, 15) is 9.59 Å². The number of benzene rings is 2. The Labute approximate surface area is 176 Å². The molecule has 0 aromatic heterocycles. The van der Waals surface area contributed by atoms with Crippen LogP contribution in [0, 0.1) is 6.92 Å². The van der Waals surface area contributed by atoms with E-state index in [4.69, 9.17) is 4.74 Å². The van der Waals surface area contributed by atoms with Gasteiger partial charge in [0.2, 0.25) is 11.8 Å². The number of nitrogens with one attached hydrogen (secondary N) is 1. The topological polar surface area (TPSA) is 71.0 Å². The molecule has 0 bridgehead atoms. The molecule has 1 N–H and O–H groups in total. The van der Waals surface area contributed by atoms with Crippen molar-refractivity contribution >= 4 is 44.7 Å². The molecule has 0 saturated carbocycles. The number of carbonyl (C=O) groups is 2. The van der Waals surface area contributed by atoms with Gasteiger partial charge in [0.05, 0.1) is 0 Å². The van der Waals surface area contributed by atoms with Gasteiger partial charge in [0, 0.05) is 23.9 Å². The second-order valence-electron chi connectivity index (χ2n) is 6.38. The number of rotatable bonds is 4. The normalized spacial score (nSPS) is 15.9. The monoisotopic (exact) mass is 461 g/mol. The SMILES string of the molecule is CC(=O)NC1=NN(C(C)=O)[C@H](c2cc(Br)ccc2OCc2ccc(C)cc2)S1. The zero-order chi connectivity index (χ0) is 20.3. The predicted molar refractivity (Wildman–Crippen MR) is 114 cm³/mol. The summed E-state index contributed by atoms with van der Waals surface area (Å²) < 4.78 is 6.93. The van der Waals surface area contributed by atoms with E-state index in [0.717, 1.165) is 15.6 Å². The molecule has 0 fully saturated rings. The fourth-order valence-corrected chi connectivity index (χ4v) is 4.19. The number of thioether (sulfide) groups is 1. The molecular formula is C20H20BrN3O3S. The van der Waals surface area contributed by atoms with Gasteiger partial charge in [-0.1, -0.05) is 57.5 Å². The number of carbonyl (C=O) groups excluding carboxylic acids is 2. The average molecular weight is 462 g/mol. The first-order valence-electron chi connectivity index (χ1n) is 8.64. The largest absolute Gasteiger partial charge is 0.489 e. The summed E-state index contributed by atoms with van der Waals surface area (Å²) in [4.78, 5) is 23.5. The number of halogens is 1. The average Bonchev–Trinajstić information content (AvgIpc) is 3.05. The molecule has 8 heteroatoms. The van der Waals surface area contributed by atoms with Crippen molar-refractivity contribution < 1.29 is 14.3 Å². The highest BCUT2D eigenvalue weighted by molar-refractivity contribution is 9.10. The predicted octanol–water partition coefficient (Wildman–Crippen LogP) is 4.34. The van der Waals surface area contributed by atoms with Crippen LogP contribution in [0.5, 0.6) is 5.75 Å².